The van der Waals surface area contributed by atoms with Crippen LogP contribution in [0.2, 0.25) is 0 Å². The lowest BCUT2D eigenvalue weighted by atomic mass is 10.0. The van der Waals surface area contributed by atoms with Crippen molar-refractivity contribution in [2.24, 2.45) is 0 Å². The van der Waals surface area contributed by atoms with E-state index in [0.29, 0.717) is 16.6 Å². The molecule has 1 aromatic rings. The average molecular weight is 322 g/mol. The number of ketones is 1. The summed E-state index contributed by atoms with van der Waals surface area (Å²) < 4.78 is 5.06. The van der Waals surface area contributed by atoms with E-state index in [-0.39, 0.29) is 12.2 Å². The highest BCUT2D eigenvalue weighted by atomic mass is 32.2. The molecule has 0 radical (unpaired) electrons. The largest absolute Gasteiger partial charge is 0.497 e. The molecule has 0 spiro atoms. The minimum atomic E-state index is -0.891. The number of carbonyl (C=O) groups is 2. The molecule has 1 aliphatic rings. The first kappa shape index (κ1) is 16.9. The molecular formula is C17H22O4S. The molecule has 0 aromatic heterocycles. The van der Waals surface area contributed by atoms with Gasteiger partial charge in [-0.1, -0.05) is 19.3 Å². The lowest BCUT2D eigenvalue weighted by Gasteiger charge is -2.24. The Morgan fingerprint density at radius 2 is 1.86 bits per heavy atom. The van der Waals surface area contributed by atoms with Crippen LogP contribution in [0, 0.1) is 0 Å². The first-order valence-electron chi connectivity index (χ1n) is 7.65. The number of carbonyl (C=O) groups excluding carboxylic acids is 1. The molecule has 2 rings (SSSR count). The molecule has 1 aliphatic carbocycles. The lowest BCUT2D eigenvalue weighted by molar-refractivity contribution is -0.136. The van der Waals surface area contributed by atoms with Gasteiger partial charge in [-0.25, -0.2) is 0 Å². The first-order valence-corrected chi connectivity index (χ1v) is 8.60. The summed E-state index contributed by atoms with van der Waals surface area (Å²) in [5.74, 6) is -0.335. The standard InChI is InChI=1S/C17H22O4S/c1-21-13-9-7-12(8-10-13)15(18)11-16(17(19)20)22-14-5-3-2-4-6-14/h7-10,14,16H,2-6,11H2,1H3,(H,19,20). The minimum Gasteiger partial charge on any atom is -0.497 e. The van der Waals surface area contributed by atoms with Crippen molar-refractivity contribution >= 4 is 23.5 Å². The predicted octanol–water partition coefficient (Wildman–Crippen LogP) is 3.79. The summed E-state index contributed by atoms with van der Waals surface area (Å²) in [6, 6.07) is 6.81. The van der Waals surface area contributed by atoms with Crippen LogP contribution in [-0.2, 0) is 4.79 Å². The van der Waals surface area contributed by atoms with Crippen LogP contribution in [0.5, 0.6) is 5.75 Å². The van der Waals surface area contributed by atoms with Crippen molar-refractivity contribution in [1.82, 2.24) is 0 Å². The van der Waals surface area contributed by atoms with Crippen molar-refractivity contribution in [2.45, 2.75) is 49.0 Å². The Hall–Kier alpha value is -1.49. The maximum Gasteiger partial charge on any atom is 0.317 e. The predicted molar refractivity (Wildman–Crippen MR) is 87.8 cm³/mol. The van der Waals surface area contributed by atoms with Crippen LogP contribution in [-0.4, -0.2) is 34.5 Å². The summed E-state index contributed by atoms with van der Waals surface area (Å²) >= 11 is 1.46. The van der Waals surface area contributed by atoms with Gasteiger partial charge in [0, 0.05) is 17.2 Å². The van der Waals surface area contributed by atoms with Gasteiger partial charge in [-0.3, -0.25) is 9.59 Å². The molecule has 1 N–H and O–H groups in total. The molecule has 4 nitrogen and oxygen atoms in total. The maximum absolute atomic E-state index is 12.3. The van der Waals surface area contributed by atoms with Gasteiger partial charge in [0.05, 0.1) is 7.11 Å². The molecule has 0 amide bonds. The van der Waals surface area contributed by atoms with Gasteiger partial charge in [0.1, 0.15) is 11.0 Å². The molecule has 1 atom stereocenters. The fraction of sp³-hybridized carbons (Fsp3) is 0.529. The zero-order valence-corrected chi connectivity index (χ0v) is 13.6. The summed E-state index contributed by atoms with van der Waals surface area (Å²) in [6.45, 7) is 0. The zero-order valence-electron chi connectivity index (χ0n) is 12.8. The van der Waals surface area contributed by atoms with Crippen molar-refractivity contribution in [3.63, 3.8) is 0 Å². The van der Waals surface area contributed by atoms with Crippen molar-refractivity contribution in [3.8, 4) is 5.75 Å². The number of methoxy groups -OCH3 is 1. The van der Waals surface area contributed by atoms with E-state index in [1.165, 1.54) is 18.2 Å². The van der Waals surface area contributed by atoms with E-state index >= 15 is 0 Å². The smallest absolute Gasteiger partial charge is 0.317 e. The SMILES string of the molecule is COc1ccc(C(=O)CC(SC2CCCCC2)C(=O)O)cc1. The summed E-state index contributed by atoms with van der Waals surface area (Å²) in [6.07, 6.45) is 5.73. The second kappa shape index (κ2) is 8.22. The topological polar surface area (TPSA) is 63.6 Å². The highest BCUT2D eigenvalue weighted by Gasteiger charge is 2.27. The first-order chi connectivity index (χ1) is 10.6. The Balaban J connectivity index is 1.96. The molecule has 120 valence electrons. The number of aliphatic carboxylic acids is 1. The number of carboxylic acids is 1. The van der Waals surface area contributed by atoms with Crippen LogP contribution in [0.1, 0.15) is 48.9 Å². The third-order valence-corrected chi connectivity index (χ3v) is 5.52. The van der Waals surface area contributed by atoms with Crippen LogP contribution in [0.25, 0.3) is 0 Å². The molecule has 5 heteroatoms. The van der Waals surface area contributed by atoms with E-state index in [9.17, 15) is 14.7 Å². The summed E-state index contributed by atoms with van der Waals surface area (Å²) in [5.41, 5.74) is 0.538. The fourth-order valence-corrected chi connectivity index (χ4v) is 4.12. The van der Waals surface area contributed by atoms with Gasteiger partial charge in [0.15, 0.2) is 5.78 Å². The Morgan fingerprint density at radius 1 is 1.23 bits per heavy atom. The number of hydrogen-bond acceptors (Lipinski definition) is 4. The normalized spacial score (nSPS) is 17.0. The van der Waals surface area contributed by atoms with Gasteiger partial charge in [0.25, 0.3) is 0 Å². The zero-order chi connectivity index (χ0) is 15.9. The van der Waals surface area contributed by atoms with E-state index in [2.05, 4.69) is 0 Å². The number of hydrogen-bond donors (Lipinski definition) is 1. The fourth-order valence-electron chi connectivity index (χ4n) is 2.69. The number of carboxylic acid groups (broad SMARTS) is 1. The van der Waals surface area contributed by atoms with E-state index in [1.54, 1.807) is 31.4 Å². The Labute approximate surface area is 135 Å². The van der Waals surface area contributed by atoms with Crippen molar-refractivity contribution < 1.29 is 19.4 Å². The molecule has 22 heavy (non-hydrogen) atoms. The highest BCUT2D eigenvalue weighted by molar-refractivity contribution is 8.01. The number of benzene rings is 1. The minimum absolute atomic E-state index is 0.0445. The van der Waals surface area contributed by atoms with Gasteiger partial charge in [-0.05, 0) is 37.1 Å². The second-order valence-corrected chi connectivity index (χ2v) is 7.09. The molecule has 0 saturated heterocycles. The molecule has 0 heterocycles. The van der Waals surface area contributed by atoms with E-state index < -0.39 is 11.2 Å². The van der Waals surface area contributed by atoms with E-state index in [0.717, 1.165) is 25.7 Å². The molecule has 1 fully saturated rings. The van der Waals surface area contributed by atoms with Crippen LogP contribution < -0.4 is 4.74 Å². The molecule has 0 bridgehead atoms. The van der Waals surface area contributed by atoms with Gasteiger partial charge in [-0.15, -0.1) is 11.8 Å². The molecule has 1 unspecified atom stereocenters. The van der Waals surface area contributed by atoms with Crippen molar-refractivity contribution in [3.05, 3.63) is 29.8 Å². The molecule has 1 aromatic carbocycles. The van der Waals surface area contributed by atoms with Gasteiger partial charge in [-0.2, -0.15) is 0 Å². The molecule has 1 saturated carbocycles. The van der Waals surface area contributed by atoms with Crippen LogP contribution in [0.15, 0.2) is 24.3 Å². The molecular weight excluding hydrogens is 300 g/mol. The van der Waals surface area contributed by atoms with Crippen LogP contribution in [0.4, 0.5) is 0 Å². The maximum atomic E-state index is 12.3. The average Bonchev–Trinajstić information content (AvgIpc) is 2.55. The summed E-state index contributed by atoms with van der Waals surface area (Å²) in [5, 5.41) is 9.11. The van der Waals surface area contributed by atoms with Gasteiger partial charge < -0.3 is 9.84 Å². The van der Waals surface area contributed by atoms with Gasteiger partial charge in [0.2, 0.25) is 0 Å². The van der Waals surface area contributed by atoms with E-state index in [4.69, 9.17) is 4.74 Å². The van der Waals surface area contributed by atoms with Crippen molar-refractivity contribution in [1.29, 1.82) is 0 Å². The summed E-state index contributed by atoms with van der Waals surface area (Å²) in [7, 11) is 1.57. The number of thioether (sulfide) groups is 1. The number of rotatable bonds is 7. The Bertz CT molecular complexity index is 506. The van der Waals surface area contributed by atoms with Gasteiger partial charge >= 0.3 is 5.97 Å². The third-order valence-electron chi connectivity index (χ3n) is 3.97. The Kier molecular flexibility index (Phi) is 6.31. The number of ether oxygens (including phenoxy) is 1. The lowest BCUT2D eigenvalue weighted by Crippen LogP contribution is -2.24. The monoisotopic (exact) mass is 322 g/mol. The highest BCUT2D eigenvalue weighted by Crippen LogP contribution is 2.33. The Morgan fingerprint density at radius 3 is 2.41 bits per heavy atom. The van der Waals surface area contributed by atoms with Crippen molar-refractivity contribution in [2.75, 3.05) is 7.11 Å². The number of Topliss-reactive ketones (excluding diaryl/α,β-unsaturated/α-hetero) is 1. The third kappa shape index (κ3) is 4.77. The van der Waals surface area contributed by atoms with Crippen LogP contribution in [0.3, 0.4) is 0 Å². The second-order valence-electron chi connectivity index (χ2n) is 5.58. The summed E-state index contributed by atoms with van der Waals surface area (Å²) in [4.78, 5) is 23.7. The van der Waals surface area contributed by atoms with E-state index in [1.807, 2.05) is 0 Å². The quantitative estimate of drug-likeness (QED) is 0.774. The van der Waals surface area contributed by atoms with Crippen LogP contribution >= 0.6 is 11.8 Å². The molecule has 0 aliphatic heterocycles.